The second kappa shape index (κ2) is 15.1. The Balaban J connectivity index is 1.19. The minimum Gasteiger partial charge on any atom is -0.347 e. The van der Waals surface area contributed by atoms with Crippen molar-refractivity contribution in [2.45, 2.75) is 155 Å². The third-order valence-corrected chi connectivity index (χ3v) is 13.0. The van der Waals surface area contributed by atoms with Crippen molar-refractivity contribution in [1.82, 2.24) is 31.1 Å². The van der Waals surface area contributed by atoms with Gasteiger partial charge >= 0.3 is 6.03 Å². The van der Waals surface area contributed by atoms with Crippen molar-refractivity contribution in [2.75, 3.05) is 13.1 Å². The Morgan fingerprint density at radius 3 is 2.00 bits per heavy atom. The van der Waals surface area contributed by atoms with E-state index in [4.69, 9.17) is 0 Å². The molecular formula is C39H60N6O7. The van der Waals surface area contributed by atoms with Crippen LogP contribution in [0.2, 0.25) is 0 Å². The number of fused-ring (bicyclic) bond motifs is 5. The third-order valence-electron chi connectivity index (χ3n) is 13.0. The molecule has 0 radical (unpaired) electrons. The van der Waals surface area contributed by atoms with Crippen LogP contribution in [-0.2, 0) is 28.8 Å². The number of likely N-dealkylation sites (tertiary alicyclic amines) is 1. The monoisotopic (exact) mass is 724 g/mol. The van der Waals surface area contributed by atoms with Crippen LogP contribution in [0.25, 0.3) is 0 Å². The molecule has 6 rings (SSSR count). The predicted octanol–water partition coefficient (Wildman–Crippen LogP) is 3.19. The van der Waals surface area contributed by atoms with E-state index in [1.165, 1.54) is 4.90 Å². The quantitative estimate of drug-likeness (QED) is 0.231. The molecule has 0 spiro atoms. The van der Waals surface area contributed by atoms with Gasteiger partial charge in [0.05, 0.1) is 12.1 Å². The lowest BCUT2D eigenvalue weighted by atomic mass is 9.85. The Labute approximate surface area is 307 Å². The van der Waals surface area contributed by atoms with Gasteiger partial charge < -0.3 is 26.2 Å². The first kappa shape index (κ1) is 38.2. The van der Waals surface area contributed by atoms with Crippen LogP contribution in [-0.4, -0.2) is 94.4 Å². The zero-order valence-corrected chi connectivity index (χ0v) is 31.8. The highest BCUT2D eigenvalue weighted by Crippen LogP contribution is 2.65. The van der Waals surface area contributed by atoms with Gasteiger partial charge in [-0.3, -0.25) is 33.7 Å². The number of piperidine rings is 2. The van der Waals surface area contributed by atoms with Gasteiger partial charge in [-0.2, -0.15) is 0 Å². The average Bonchev–Trinajstić information content (AvgIpc) is 3.82. The SMILES string of the molecule is CC(C)(C)[C@@H](CN1C(=O)C2CCC(C2)C1=O)NC(=O)N[C@H]1CCCCCCCCC[C@@H](C(=O)C(=O)NC2CC2)NC(=O)[C@@H]2[C@@H]3[C@H](CN2C1=O)C3(C)C. The minimum absolute atomic E-state index is 0.0134. The standard InChI is InChI=1S/C39H60N6O7/c1-38(2,3)28(21-45-34(49)22-15-16-23(19-22)35(45)50)43-37(52)42-27-14-12-10-8-6-7-9-11-13-26(31(46)33(48)40-24-17-18-24)41-32(47)30-29-25(39(29,4)5)20-44(30)36(27)51/h22-30H,6-21H2,1-5H3,(H,40,48)(H,41,47)(H2,42,43,52)/t22?,23?,25-,26-,27-,28+,29-,30-/m0/s1. The number of carbonyl (C=O) groups excluding carboxylic acids is 7. The van der Waals surface area contributed by atoms with Gasteiger partial charge in [-0.1, -0.05) is 79.6 Å². The maximum atomic E-state index is 14.5. The summed E-state index contributed by atoms with van der Waals surface area (Å²) in [6.45, 7) is 10.4. The number of hydrogen-bond acceptors (Lipinski definition) is 7. The smallest absolute Gasteiger partial charge is 0.315 e. The molecule has 3 aliphatic heterocycles. The topological polar surface area (TPSA) is 174 Å². The predicted molar refractivity (Wildman–Crippen MR) is 192 cm³/mol. The number of nitrogens with one attached hydrogen (secondary N) is 4. The molecule has 7 amide bonds. The van der Waals surface area contributed by atoms with Gasteiger partial charge in [-0.05, 0) is 67.6 Å². The maximum Gasteiger partial charge on any atom is 0.315 e. The molecule has 8 atom stereocenters. The molecule has 0 aromatic carbocycles. The molecule has 3 saturated carbocycles. The molecule has 6 aliphatic rings. The Bertz CT molecular complexity index is 1430. The van der Waals surface area contributed by atoms with Crippen LogP contribution in [0.15, 0.2) is 0 Å². The number of nitrogens with zero attached hydrogens (tertiary/aromatic N) is 2. The number of Topliss-reactive ketones (excluding diaryl/α,β-unsaturated/α-hetero) is 1. The normalized spacial score (nSPS) is 33.1. The summed E-state index contributed by atoms with van der Waals surface area (Å²) < 4.78 is 0. The van der Waals surface area contributed by atoms with Crippen LogP contribution in [0.1, 0.15) is 125 Å². The first-order valence-electron chi connectivity index (χ1n) is 20.0. The summed E-state index contributed by atoms with van der Waals surface area (Å²) in [7, 11) is 0. The van der Waals surface area contributed by atoms with Crippen LogP contribution < -0.4 is 21.3 Å². The molecule has 0 aromatic rings. The Kier molecular flexibility index (Phi) is 11.1. The number of rotatable bonds is 7. The van der Waals surface area contributed by atoms with Gasteiger partial charge in [0.1, 0.15) is 12.1 Å². The lowest BCUT2D eigenvalue weighted by molar-refractivity contribution is -0.153. The maximum absolute atomic E-state index is 14.5. The van der Waals surface area contributed by atoms with Crippen molar-refractivity contribution in [3.8, 4) is 0 Å². The second-order valence-corrected chi connectivity index (χ2v) is 18.2. The van der Waals surface area contributed by atoms with Crippen LogP contribution in [0.3, 0.4) is 0 Å². The highest BCUT2D eigenvalue weighted by Gasteiger charge is 2.69. The molecule has 2 unspecified atom stereocenters. The number of amides is 7. The molecule has 3 aliphatic carbocycles. The number of hydrogen-bond donors (Lipinski definition) is 4. The zero-order chi connectivity index (χ0) is 37.5. The van der Waals surface area contributed by atoms with E-state index in [0.717, 1.165) is 44.9 Å². The molecule has 3 heterocycles. The van der Waals surface area contributed by atoms with Gasteiger partial charge in [0, 0.05) is 31.0 Å². The lowest BCUT2D eigenvalue weighted by Gasteiger charge is -2.38. The fourth-order valence-corrected chi connectivity index (χ4v) is 9.26. The van der Waals surface area contributed by atoms with Crippen molar-refractivity contribution in [1.29, 1.82) is 0 Å². The summed E-state index contributed by atoms with van der Waals surface area (Å²) in [5.74, 6) is -2.75. The van der Waals surface area contributed by atoms with E-state index >= 15 is 0 Å². The van der Waals surface area contributed by atoms with Gasteiger partial charge in [-0.15, -0.1) is 0 Å². The molecule has 0 aromatic heterocycles. The first-order chi connectivity index (χ1) is 24.6. The van der Waals surface area contributed by atoms with Gasteiger partial charge in [0.15, 0.2) is 0 Å². The summed E-state index contributed by atoms with van der Waals surface area (Å²) in [6, 6.07) is -3.82. The van der Waals surface area contributed by atoms with Crippen molar-refractivity contribution in [3.63, 3.8) is 0 Å². The van der Waals surface area contributed by atoms with E-state index in [2.05, 4.69) is 35.1 Å². The van der Waals surface area contributed by atoms with E-state index in [1.807, 2.05) is 20.8 Å². The van der Waals surface area contributed by atoms with E-state index < -0.39 is 53.2 Å². The fraction of sp³-hybridized carbons (Fsp3) is 0.821. The van der Waals surface area contributed by atoms with Crippen LogP contribution in [0.4, 0.5) is 4.79 Å². The second-order valence-electron chi connectivity index (χ2n) is 18.2. The molecular weight excluding hydrogens is 664 g/mol. The average molecular weight is 725 g/mol. The van der Waals surface area contributed by atoms with Crippen LogP contribution in [0.5, 0.6) is 0 Å². The summed E-state index contributed by atoms with van der Waals surface area (Å²) >= 11 is 0. The molecule has 2 bridgehead atoms. The van der Waals surface area contributed by atoms with Crippen molar-refractivity contribution in [3.05, 3.63) is 0 Å². The van der Waals surface area contributed by atoms with Crippen LogP contribution in [0, 0.1) is 34.5 Å². The number of carbonyl (C=O) groups is 7. The largest absolute Gasteiger partial charge is 0.347 e. The molecule has 52 heavy (non-hydrogen) atoms. The fourth-order valence-electron chi connectivity index (χ4n) is 9.26. The molecule has 13 heteroatoms. The molecule has 13 nitrogen and oxygen atoms in total. The summed E-state index contributed by atoms with van der Waals surface area (Å²) in [6.07, 6.45) is 10.6. The minimum atomic E-state index is -0.972. The number of ketones is 1. The molecule has 6 fully saturated rings. The first-order valence-corrected chi connectivity index (χ1v) is 20.0. The van der Waals surface area contributed by atoms with Crippen molar-refractivity contribution >= 4 is 41.4 Å². The van der Waals surface area contributed by atoms with Crippen molar-refractivity contribution < 1.29 is 33.6 Å². The number of urea groups is 1. The molecule has 4 N–H and O–H groups in total. The van der Waals surface area contributed by atoms with E-state index in [1.54, 1.807) is 4.90 Å². The summed E-state index contributed by atoms with van der Waals surface area (Å²) in [5, 5.41) is 11.6. The summed E-state index contributed by atoms with van der Waals surface area (Å²) in [5.41, 5.74) is -0.682. The van der Waals surface area contributed by atoms with Gasteiger partial charge in [0.25, 0.3) is 5.91 Å². The van der Waals surface area contributed by atoms with E-state index in [9.17, 15) is 33.6 Å². The van der Waals surface area contributed by atoms with E-state index in [-0.39, 0.29) is 59.4 Å². The lowest BCUT2D eigenvalue weighted by Crippen LogP contribution is -2.61. The zero-order valence-electron chi connectivity index (χ0n) is 31.8. The Morgan fingerprint density at radius 1 is 0.808 bits per heavy atom. The highest BCUT2D eigenvalue weighted by molar-refractivity contribution is 6.38. The van der Waals surface area contributed by atoms with Gasteiger partial charge in [-0.25, -0.2) is 4.79 Å². The third kappa shape index (κ3) is 8.17. The van der Waals surface area contributed by atoms with Gasteiger partial charge in [0.2, 0.25) is 29.4 Å². The molecule has 3 saturated heterocycles. The molecule has 288 valence electrons. The van der Waals surface area contributed by atoms with Crippen LogP contribution >= 0.6 is 0 Å². The Hall–Kier alpha value is -3.51. The number of imide groups is 1. The summed E-state index contributed by atoms with van der Waals surface area (Å²) in [4.78, 5) is 97.8. The van der Waals surface area contributed by atoms with Crippen molar-refractivity contribution in [2.24, 2.45) is 34.5 Å². The Morgan fingerprint density at radius 2 is 1.40 bits per heavy atom. The highest BCUT2D eigenvalue weighted by atomic mass is 16.2. The van der Waals surface area contributed by atoms with E-state index in [0.29, 0.717) is 51.5 Å².